The zero-order valence-corrected chi connectivity index (χ0v) is 26.4. The Balaban J connectivity index is 1.39. The number of sulfone groups is 1. The van der Waals surface area contributed by atoms with Gasteiger partial charge >= 0.3 is 0 Å². The van der Waals surface area contributed by atoms with Gasteiger partial charge < -0.3 is 15.1 Å². The van der Waals surface area contributed by atoms with E-state index in [1.807, 2.05) is 43.3 Å². The first-order valence-electron chi connectivity index (χ1n) is 14.3. The van der Waals surface area contributed by atoms with Crippen LogP contribution in [0.1, 0.15) is 11.1 Å². The maximum Gasteiger partial charge on any atom is 0.260 e. The molecule has 0 bridgehead atoms. The van der Waals surface area contributed by atoms with Crippen LogP contribution in [0.5, 0.6) is 0 Å². The Morgan fingerprint density at radius 3 is 2.34 bits per heavy atom. The van der Waals surface area contributed by atoms with E-state index in [0.29, 0.717) is 28.1 Å². The highest BCUT2D eigenvalue weighted by atomic mass is 35.5. The lowest BCUT2D eigenvalue weighted by molar-refractivity contribution is 0.313. The van der Waals surface area contributed by atoms with Crippen LogP contribution >= 0.6 is 11.6 Å². The topological polar surface area (TPSA) is 100 Å². The van der Waals surface area contributed by atoms with Crippen molar-refractivity contribution < 1.29 is 8.42 Å². The van der Waals surface area contributed by atoms with Crippen molar-refractivity contribution >= 4 is 49.8 Å². The van der Waals surface area contributed by atoms with Crippen LogP contribution in [0.2, 0.25) is 5.02 Å². The molecule has 1 saturated heterocycles. The van der Waals surface area contributed by atoms with E-state index in [1.54, 1.807) is 22.9 Å². The van der Waals surface area contributed by atoms with Gasteiger partial charge in [0.1, 0.15) is 5.65 Å². The molecule has 1 fully saturated rings. The number of piperazine rings is 1. The van der Waals surface area contributed by atoms with Gasteiger partial charge in [-0.05, 0) is 67.6 Å². The third-order valence-electron chi connectivity index (χ3n) is 8.07. The molecule has 0 atom stereocenters. The Bertz CT molecular complexity index is 2020. The van der Waals surface area contributed by atoms with Gasteiger partial charge in [0, 0.05) is 71.5 Å². The van der Waals surface area contributed by atoms with E-state index in [0.717, 1.165) is 49.2 Å². The van der Waals surface area contributed by atoms with Crippen LogP contribution in [0.4, 0.5) is 17.3 Å². The molecule has 1 aliphatic rings. The second kappa shape index (κ2) is 12.0. The minimum atomic E-state index is -3.46. The highest BCUT2D eigenvalue weighted by Crippen LogP contribution is 2.30. The summed E-state index contributed by atoms with van der Waals surface area (Å²) < 4.78 is 25.8. The van der Waals surface area contributed by atoms with Gasteiger partial charge in [0.25, 0.3) is 5.56 Å². The molecule has 0 radical (unpaired) electrons. The smallest absolute Gasteiger partial charge is 0.260 e. The Morgan fingerprint density at radius 1 is 0.932 bits per heavy atom. The first-order valence-corrected chi connectivity index (χ1v) is 16.6. The highest BCUT2D eigenvalue weighted by molar-refractivity contribution is 7.90. The first kappa shape index (κ1) is 29.8. The number of hydrogen-bond donors (Lipinski definition) is 1. The maximum absolute atomic E-state index is 14.1. The van der Waals surface area contributed by atoms with Crippen LogP contribution in [0.25, 0.3) is 22.2 Å². The third-order valence-corrected chi connectivity index (χ3v) is 9.49. The molecule has 1 N–H and O–H groups in total. The quantitative estimate of drug-likeness (QED) is 0.257. The normalized spacial score (nSPS) is 14.2. The zero-order chi connectivity index (χ0) is 31.0. The van der Waals surface area contributed by atoms with Crippen LogP contribution in [-0.2, 0) is 16.4 Å². The summed E-state index contributed by atoms with van der Waals surface area (Å²) in [6.07, 6.45) is 2.80. The summed E-state index contributed by atoms with van der Waals surface area (Å²) in [5.74, 6) is 0.367. The highest BCUT2D eigenvalue weighted by Gasteiger charge is 2.19. The summed E-state index contributed by atoms with van der Waals surface area (Å²) in [4.78, 5) is 28.2. The van der Waals surface area contributed by atoms with Gasteiger partial charge in [-0.2, -0.15) is 4.98 Å². The number of fused-ring (bicyclic) bond motifs is 1. The molecule has 2 aromatic heterocycles. The number of rotatable bonds is 7. The molecule has 1 aliphatic heterocycles. The molecule has 11 heteroatoms. The number of nitrogens with zero attached hydrogens (tertiary/aromatic N) is 5. The molecule has 5 aromatic rings. The van der Waals surface area contributed by atoms with Crippen molar-refractivity contribution in [3.05, 3.63) is 105 Å². The molecule has 6 rings (SSSR count). The molecule has 0 saturated carbocycles. The van der Waals surface area contributed by atoms with E-state index in [4.69, 9.17) is 16.6 Å². The lowest BCUT2D eigenvalue weighted by atomic mass is 10.0. The van der Waals surface area contributed by atoms with Crippen LogP contribution in [0.3, 0.4) is 0 Å². The molecule has 0 unspecified atom stereocenters. The largest absolute Gasteiger partial charge is 0.369 e. The number of anilines is 3. The van der Waals surface area contributed by atoms with Gasteiger partial charge in [0.05, 0.1) is 11.4 Å². The molecular weight excluding hydrogens is 596 g/mol. The average molecular weight is 629 g/mol. The summed E-state index contributed by atoms with van der Waals surface area (Å²) in [6, 6.07) is 22.2. The molecular formula is C33H33ClN6O3S. The van der Waals surface area contributed by atoms with E-state index in [1.165, 1.54) is 17.8 Å². The van der Waals surface area contributed by atoms with Gasteiger partial charge in [0.15, 0.2) is 9.84 Å². The molecule has 0 spiro atoms. The molecule has 0 aliphatic carbocycles. The predicted molar refractivity (Wildman–Crippen MR) is 177 cm³/mol. The van der Waals surface area contributed by atoms with E-state index in [-0.39, 0.29) is 22.0 Å². The van der Waals surface area contributed by atoms with Crippen LogP contribution in [0, 0.1) is 6.92 Å². The molecule has 226 valence electrons. The van der Waals surface area contributed by atoms with Crippen LogP contribution in [-0.4, -0.2) is 67.3 Å². The SMILES string of the molecule is Cc1ccccc1Cn1c(=O)c(-c2ccc(S(C)(=O)=O)cc2Cl)cc2cnc(Nc3ccc(N4CCN(C)CC4)cc3)nc21. The number of aromatic nitrogens is 3. The van der Waals surface area contributed by atoms with E-state index >= 15 is 0 Å². The van der Waals surface area contributed by atoms with Crippen LogP contribution in [0.15, 0.2) is 88.7 Å². The first-order chi connectivity index (χ1) is 21.1. The lowest BCUT2D eigenvalue weighted by Gasteiger charge is -2.34. The molecule has 44 heavy (non-hydrogen) atoms. The predicted octanol–water partition coefficient (Wildman–Crippen LogP) is 5.37. The third kappa shape index (κ3) is 6.19. The van der Waals surface area contributed by atoms with Crippen molar-refractivity contribution in [2.45, 2.75) is 18.4 Å². The fourth-order valence-electron chi connectivity index (χ4n) is 5.41. The number of aryl methyl sites for hydroxylation is 1. The van der Waals surface area contributed by atoms with Gasteiger partial charge in [-0.25, -0.2) is 13.4 Å². The average Bonchev–Trinajstić information content (AvgIpc) is 3.00. The number of hydrogen-bond acceptors (Lipinski definition) is 8. The number of likely N-dealkylation sites (N-methyl/N-ethyl adjacent to an activating group) is 1. The fourth-order valence-corrected chi connectivity index (χ4v) is 6.41. The Kier molecular flexibility index (Phi) is 8.15. The number of pyridine rings is 1. The van der Waals surface area contributed by atoms with Crippen molar-refractivity contribution in [1.29, 1.82) is 0 Å². The molecule has 9 nitrogen and oxygen atoms in total. The van der Waals surface area contributed by atoms with Gasteiger partial charge in [-0.1, -0.05) is 41.9 Å². The van der Waals surface area contributed by atoms with E-state index in [2.05, 4.69) is 39.3 Å². The second-order valence-corrected chi connectivity index (χ2v) is 13.6. The number of benzene rings is 3. The Hall–Kier alpha value is -4.25. The van der Waals surface area contributed by atoms with Gasteiger partial charge in [-0.3, -0.25) is 9.36 Å². The fraction of sp³-hybridized carbons (Fsp3) is 0.242. The minimum Gasteiger partial charge on any atom is -0.369 e. The second-order valence-electron chi connectivity index (χ2n) is 11.2. The monoisotopic (exact) mass is 628 g/mol. The maximum atomic E-state index is 14.1. The summed E-state index contributed by atoms with van der Waals surface area (Å²) >= 11 is 6.55. The van der Waals surface area contributed by atoms with Crippen molar-refractivity contribution in [3.63, 3.8) is 0 Å². The van der Waals surface area contributed by atoms with Crippen molar-refractivity contribution in [1.82, 2.24) is 19.4 Å². The van der Waals surface area contributed by atoms with Crippen molar-refractivity contribution in [2.75, 3.05) is 49.7 Å². The Labute approximate surface area is 261 Å². The standard InChI is InChI=1S/C33H33ClN6O3S/c1-22-6-4-5-7-23(22)21-40-31-24(18-29(32(40)41)28-13-12-27(19-30(28)34)44(3,42)43)20-35-33(37-31)36-25-8-10-26(11-9-25)39-16-14-38(2)15-17-39/h4-13,18-20H,14-17,21H2,1-3H3,(H,35,36,37). The lowest BCUT2D eigenvalue weighted by Crippen LogP contribution is -2.44. The Morgan fingerprint density at radius 2 is 1.66 bits per heavy atom. The van der Waals surface area contributed by atoms with Crippen molar-refractivity contribution in [3.8, 4) is 11.1 Å². The van der Waals surface area contributed by atoms with Crippen molar-refractivity contribution in [2.24, 2.45) is 0 Å². The summed E-state index contributed by atoms with van der Waals surface area (Å²) in [5.41, 5.74) is 4.97. The van der Waals surface area contributed by atoms with E-state index < -0.39 is 9.84 Å². The van der Waals surface area contributed by atoms with Crippen LogP contribution < -0.4 is 15.8 Å². The number of nitrogens with one attached hydrogen (secondary N) is 1. The van der Waals surface area contributed by atoms with Gasteiger partial charge in [-0.15, -0.1) is 0 Å². The molecule has 3 heterocycles. The van der Waals surface area contributed by atoms with Gasteiger partial charge in [0.2, 0.25) is 5.95 Å². The summed E-state index contributed by atoms with van der Waals surface area (Å²) in [6.45, 7) is 6.34. The molecule has 0 amide bonds. The summed E-state index contributed by atoms with van der Waals surface area (Å²) in [5, 5.41) is 4.11. The minimum absolute atomic E-state index is 0.0860. The zero-order valence-electron chi connectivity index (χ0n) is 24.8. The molecule has 3 aromatic carbocycles. The summed E-state index contributed by atoms with van der Waals surface area (Å²) in [7, 11) is -1.32. The number of halogens is 1. The van der Waals surface area contributed by atoms with E-state index in [9.17, 15) is 13.2 Å².